The molecule has 0 nitrogen and oxygen atoms in total. The average Bonchev–Trinajstić information content (AvgIpc) is 2.75. The van der Waals surface area contributed by atoms with E-state index in [1.807, 2.05) is 0 Å². The van der Waals surface area contributed by atoms with Crippen molar-refractivity contribution < 1.29 is 17.1 Å². The van der Waals surface area contributed by atoms with E-state index in [0.717, 1.165) is 0 Å². The monoisotopic (exact) mass is 284 g/mol. The van der Waals surface area contributed by atoms with Crippen LogP contribution in [0.3, 0.4) is 0 Å². The molecule has 2 rings (SSSR count). The average molecular weight is 284 g/mol. The molecule has 0 atom stereocenters. The number of hydrogen-bond acceptors (Lipinski definition) is 0. The van der Waals surface area contributed by atoms with Crippen LogP contribution in [0.15, 0.2) is 18.2 Å². The van der Waals surface area contributed by atoms with Gasteiger partial charge in [0.05, 0.1) is 0 Å². The second-order valence-corrected chi connectivity index (χ2v) is 5.02. The minimum absolute atomic E-state index is 0. The number of rotatable bonds is 0. The van der Waals surface area contributed by atoms with Crippen LogP contribution < -0.4 is 0 Å². The van der Waals surface area contributed by atoms with Crippen LogP contribution in [0.4, 0.5) is 0 Å². The normalized spacial score (nSPS) is 9.50. The molecule has 0 saturated carbocycles. The largest absolute Gasteiger partial charge is 2.00 e. The van der Waals surface area contributed by atoms with Crippen molar-refractivity contribution in [2.45, 2.75) is 48.5 Å². The Bertz CT molecular complexity index is 401. The van der Waals surface area contributed by atoms with Gasteiger partial charge in [-0.3, -0.25) is 0 Å². The predicted octanol–water partition coefficient (Wildman–Crippen LogP) is 4.97. The maximum absolute atomic E-state index is 2.20. The molecule has 0 heterocycles. The van der Waals surface area contributed by atoms with Crippen molar-refractivity contribution in [3.63, 3.8) is 0 Å². The van der Waals surface area contributed by atoms with Gasteiger partial charge in [-0.15, -0.1) is 0 Å². The van der Waals surface area contributed by atoms with Crippen LogP contribution in [0.1, 0.15) is 38.9 Å². The molecule has 1 heteroatoms. The summed E-state index contributed by atoms with van der Waals surface area (Å²) in [6.45, 7) is 15.2. The summed E-state index contributed by atoms with van der Waals surface area (Å²) in [6.07, 6.45) is 0. The Balaban J connectivity index is 0.000000321. The molecule has 100 valence electrons. The summed E-state index contributed by atoms with van der Waals surface area (Å²) in [7, 11) is 0. The Labute approximate surface area is 123 Å². The van der Waals surface area contributed by atoms with Gasteiger partial charge in [0.1, 0.15) is 0 Å². The molecular weight excluding hydrogens is 260 g/mol. The molecule has 0 saturated heterocycles. The standard InChI is InChI=1S/C10H15.C7H9.Fe/c1-6-7(2)9(4)10(5)8(6)3;1-6-4-3-5-7(6)2;/h1-5H3;3-5H,1-2H3;/q2*-1;+2. The molecule has 0 aromatic heterocycles. The van der Waals surface area contributed by atoms with E-state index in [2.05, 4.69) is 66.7 Å². The van der Waals surface area contributed by atoms with Crippen LogP contribution >= 0.6 is 0 Å². The van der Waals surface area contributed by atoms with Crippen molar-refractivity contribution in [1.82, 2.24) is 0 Å². The zero-order chi connectivity index (χ0) is 13.2. The van der Waals surface area contributed by atoms with Gasteiger partial charge in [-0.25, -0.2) is 6.07 Å². The van der Waals surface area contributed by atoms with Crippen molar-refractivity contribution in [2.24, 2.45) is 0 Å². The quantitative estimate of drug-likeness (QED) is 0.473. The number of aryl methyl sites for hydroxylation is 2. The molecule has 0 radical (unpaired) electrons. The first-order chi connectivity index (χ1) is 7.86. The van der Waals surface area contributed by atoms with Gasteiger partial charge in [-0.05, 0) is 0 Å². The molecule has 0 bridgehead atoms. The summed E-state index contributed by atoms with van der Waals surface area (Å²) < 4.78 is 0. The zero-order valence-electron chi connectivity index (χ0n) is 12.6. The molecule has 0 spiro atoms. The fourth-order valence-electron chi connectivity index (χ4n) is 2.01. The van der Waals surface area contributed by atoms with Crippen molar-refractivity contribution in [2.75, 3.05) is 0 Å². The van der Waals surface area contributed by atoms with Crippen LogP contribution in [0, 0.1) is 48.5 Å². The summed E-state index contributed by atoms with van der Waals surface area (Å²) in [6, 6.07) is 6.31. The first-order valence-electron chi connectivity index (χ1n) is 6.24. The Morgan fingerprint density at radius 2 is 1.33 bits per heavy atom. The molecule has 0 amide bonds. The molecule has 0 N–H and O–H groups in total. The molecule has 0 unspecified atom stereocenters. The zero-order valence-corrected chi connectivity index (χ0v) is 13.7. The van der Waals surface area contributed by atoms with Crippen molar-refractivity contribution in [1.29, 1.82) is 0 Å². The van der Waals surface area contributed by atoms with Crippen molar-refractivity contribution in [3.05, 3.63) is 57.1 Å². The summed E-state index contributed by atoms with van der Waals surface area (Å²) >= 11 is 0. The third kappa shape index (κ3) is 3.60. The smallest absolute Gasteiger partial charge is 0.211 e. The van der Waals surface area contributed by atoms with Crippen LogP contribution in [-0.2, 0) is 17.1 Å². The van der Waals surface area contributed by atoms with Gasteiger partial charge in [0.25, 0.3) is 0 Å². The first kappa shape index (κ1) is 17.2. The predicted molar refractivity (Wildman–Crippen MR) is 77.2 cm³/mol. The van der Waals surface area contributed by atoms with Crippen LogP contribution in [0.25, 0.3) is 0 Å². The maximum Gasteiger partial charge on any atom is 2.00 e. The van der Waals surface area contributed by atoms with E-state index in [4.69, 9.17) is 0 Å². The van der Waals surface area contributed by atoms with E-state index in [9.17, 15) is 0 Å². The summed E-state index contributed by atoms with van der Waals surface area (Å²) in [5.74, 6) is 0. The maximum atomic E-state index is 2.20. The summed E-state index contributed by atoms with van der Waals surface area (Å²) in [5, 5.41) is 0. The summed E-state index contributed by atoms with van der Waals surface area (Å²) in [4.78, 5) is 0. The van der Waals surface area contributed by atoms with E-state index in [1.165, 1.54) is 38.9 Å². The number of hydrogen-bond donors (Lipinski definition) is 0. The molecule has 0 aliphatic rings. The van der Waals surface area contributed by atoms with E-state index >= 15 is 0 Å². The summed E-state index contributed by atoms with van der Waals surface area (Å²) in [5.41, 5.74) is 10.1. The van der Waals surface area contributed by atoms with Gasteiger partial charge in [0, 0.05) is 0 Å². The van der Waals surface area contributed by atoms with Crippen LogP contribution in [0.5, 0.6) is 0 Å². The van der Waals surface area contributed by atoms with Crippen molar-refractivity contribution in [3.8, 4) is 0 Å². The Morgan fingerprint density at radius 1 is 0.889 bits per heavy atom. The van der Waals surface area contributed by atoms with Crippen LogP contribution in [0.2, 0.25) is 0 Å². The Kier molecular flexibility index (Phi) is 6.67. The fourth-order valence-corrected chi connectivity index (χ4v) is 2.01. The van der Waals surface area contributed by atoms with E-state index < -0.39 is 0 Å². The topological polar surface area (TPSA) is 0 Å². The van der Waals surface area contributed by atoms with Crippen molar-refractivity contribution >= 4 is 0 Å². The van der Waals surface area contributed by atoms with Gasteiger partial charge >= 0.3 is 17.1 Å². The minimum Gasteiger partial charge on any atom is -0.211 e. The third-order valence-corrected chi connectivity index (χ3v) is 4.13. The van der Waals surface area contributed by atoms with E-state index in [-0.39, 0.29) is 17.1 Å². The molecule has 0 aliphatic carbocycles. The molecule has 2 aromatic rings. The van der Waals surface area contributed by atoms with Gasteiger partial charge in [0.2, 0.25) is 0 Å². The van der Waals surface area contributed by atoms with E-state index in [1.54, 1.807) is 0 Å². The van der Waals surface area contributed by atoms with Crippen LogP contribution in [-0.4, -0.2) is 0 Å². The SMILES string of the molecule is Cc1c(C)c(C)[c-](C)c1C.Cc1cc[cH-]c1C.[Fe+2]. The molecular formula is C17H24Fe. The molecule has 0 aliphatic heterocycles. The second-order valence-electron chi connectivity index (χ2n) is 5.02. The van der Waals surface area contributed by atoms with Gasteiger partial charge < -0.3 is 0 Å². The minimum atomic E-state index is 0. The second kappa shape index (κ2) is 6.97. The molecule has 0 fully saturated rings. The molecule has 18 heavy (non-hydrogen) atoms. The van der Waals surface area contributed by atoms with Gasteiger partial charge in [-0.2, -0.15) is 51.1 Å². The van der Waals surface area contributed by atoms with Gasteiger partial charge in [-0.1, -0.05) is 48.5 Å². The third-order valence-electron chi connectivity index (χ3n) is 4.13. The Morgan fingerprint density at radius 3 is 1.44 bits per heavy atom. The van der Waals surface area contributed by atoms with Gasteiger partial charge in [0.15, 0.2) is 0 Å². The molecule has 2 aromatic carbocycles. The fraction of sp³-hybridized carbons (Fsp3) is 0.412. The van der Waals surface area contributed by atoms with E-state index in [0.29, 0.717) is 0 Å². The first-order valence-corrected chi connectivity index (χ1v) is 6.24. The Hall–Kier alpha value is -0.781.